The van der Waals surface area contributed by atoms with E-state index in [2.05, 4.69) is 0 Å². The Labute approximate surface area is 150 Å². The zero-order valence-corrected chi connectivity index (χ0v) is 16.0. The standard InChI is InChI=1S/C20H30N2O3/c1-15-9-11-16(12-10-15)14-21(5)18(23)17-8-6-7-13-22(17)19(24)25-20(2,3)4/h9-12,17H,6-8,13-14H2,1-5H3/t17-/m0/s1. The van der Waals surface area contributed by atoms with Crippen LogP contribution in [0, 0.1) is 6.92 Å². The van der Waals surface area contributed by atoms with Gasteiger partial charge >= 0.3 is 6.09 Å². The lowest BCUT2D eigenvalue weighted by Gasteiger charge is -2.37. The van der Waals surface area contributed by atoms with E-state index in [-0.39, 0.29) is 5.91 Å². The van der Waals surface area contributed by atoms with Crippen molar-refractivity contribution in [1.82, 2.24) is 9.80 Å². The fourth-order valence-corrected chi connectivity index (χ4v) is 3.03. The first-order valence-electron chi connectivity index (χ1n) is 8.97. The maximum atomic E-state index is 12.9. The Morgan fingerprint density at radius 2 is 1.84 bits per heavy atom. The van der Waals surface area contributed by atoms with Crippen molar-refractivity contribution in [3.63, 3.8) is 0 Å². The van der Waals surface area contributed by atoms with E-state index in [4.69, 9.17) is 4.74 Å². The second-order valence-corrected chi connectivity index (χ2v) is 7.87. The molecule has 1 aliphatic rings. The van der Waals surface area contributed by atoms with Gasteiger partial charge in [-0.1, -0.05) is 29.8 Å². The number of carbonyl (C=O) groups is 2. The minimum atomic E-state index is -0.560. The first kappa shape index (κ1) is 19.3. The Morgan fingerprint density at radius 3 is 2.44 bits per heavy atom. The van der Waals surface area contributed by atoms with Crippen molar-refractivity contribution in [2.75, 3.05) is 13.6 Å². The van der Waals surface area contributed by atoms with Crippen LogP contribution >= 0.6 is 0 Å². The third-order valence-electron chi connectivity index (χ3n) is 4.33. The topological polar surface area (TPSA) is 49.9 Å². The van der Waals surface area contributed by atoms with Crippen molar-refractivity contribution < 1.29 is 14.3 Å². The lowest BCUT2D eigenvalue weighted by atomic mass is 10.0. The molecule has 1 heterocycles. The van der Waals surface area contributed by atoms with Gasteiger partial charge < -0.3 is 9.64 Å². The monoisotopic (exact) mass is 346 g/mol. The number of carbonyl (C=O) groups excluding carboxylic acids is 2. The van der Waals surface area contributed by atoms with Crippen LogP contribution in [0.15, 0.2) is 24.3 Å². The summed E-state index contributed by atoms with van der Waals surface area (Å²) in [4.78, 5) is 28.7. The number of piperidine rings is 1. The van der Waals surface area contributed by atoms with E-state index >= 15 is 0 Å². The molecule has 0 N–H and O–H groups in total. The number of likely N-dealkylation sites (N-methyl/N-ethyl adjacent to an activating group) is 1. The molecule has 2 rings (SSSR count). The second kappa shape index (κ2) is 7.89. The highest BCUT2D eigenvalue weighted by Crippen LogP contribution is 2.22. The Kier molecular flexibility index (Phi) is 6.09. The molecule has 0 radical (unpaired) electrons. The third-order valence-corrected chi connectivity index (χ3v) is 4.33. The van der Waals surface area contributed by atoms with Crippen molar-refractivity contribution in [3.05, 3.63) is 35.4 Å². The van der Waals surface area contributed by atoms with Crippen LogP contribution in [-0.2, 0) is 16.1 Å². The first-order valence-corrected chi connectivity index (χ1v) is 8.97. The predicted molar refractivity (Wildman–Crippen MR) is 98.2 cm³/mol. The molecule has 25 heavy (non-hydrogen) atoms. The van der Waals surface area contributed by atoms with Gasteiger partial charge in [0.1, 0.15) is 11.6 Å². The Hall–Kier alpha value is -2.04. The number of benzene rings is 1. The molecule has 138 valence electrons. The molecule has 0 bridgehead atoms. The molecule has 0 aliphatic carbocycles. The maximum absolute atomic E-state index is 12.9. The molecular formula is C20H30N2O3. The largest absolute Gasteiger partial charge is 0.444 e. The summed E-state index contributed by atoms with van der Waals surface area (Å²) in [5.41, 5.74) is 1.72. The van der Waals surface area contributed by atoms with E-state index in [0.717, 1.165) is 18.4 Å². The minimum Gasteiger partial charge on any atom is -0.444 e. The molecule has 0 aromatic heterocycles. The van der Waals surface area contributed by atoms with Crippen LogP contribution in [0.3, 0.4) is 0 Å². The molecule has 1 aromatic carbocycles. The number of rotatable bonds is 3. The third kappa shape index (κ3) is 5.48. The van der Waals surface area contributed by atoms with Gasteiger partial charge in [0.15, 0.2) is 0 Å². The molecule has 1 aromatic rings. The zero-order chi connectivity index (χ0) is 18.6. The lowest BCUT2D eigenvalue weighted by molar-refractivity contribution is -0.137. The summed E-state index contributed by atoms with van der Waals surface area (Å²) in [6, 6.07) is 7.72. The fraction of sp³-hybridized carbons (Fsp3) is 0.600. The van der Waals surface area contributed by atoms with E-state index in [1.54, 1.807) is 16.8 Å². The summed E-state index contributed by atoms with van der Waals surface area (Å²) < 4.78 is 5.49. The van der Waals surface area contributed by atoms with E-state index in [0.29, 0.717) is 19.5 Å². The van der Waals surface area contributed by atoms with Gasteiger partial charge in [-0.05, 0) is 52.5 Å². The molecule has 0 spiro atoms. The van der Waals surface area contributed by atoms with Crippen LogP contribution < -0.4 is 0 Å². The number of likely N-dealkylation sites (tertiary alicyclic amines) is 1. The van der Waals surface area contributed by atoms with Gasteiger partial charge in [-0.3, -0.25) is 9.69 Å². The molecule has 5 heteroatoms. The van der Waals surface area contributed by atoms with Crippen LogP contribution in [0.25, 0.3) is 0 Å². The summed E-state index contributed by atoms with van der Waals surface area (Å²) >= 11 is 0. The Bertz CT molecular complexity index is 604. The highest BCUT2D eigenvalue weighted by molar-refractivity contribution is 5.85. The van der Waals surface area contributed by atoms with Crippen LogP contribution in [0.5, 0.6) is 0 Å². The smallest absolute Gasteiger partial charge is 0.410 e. The normalized spacial score (nSPS) is 18.0. The lowest BCUT2D eigenvalue weighted by Crippen LogP contribution is -2.53. The molecule has 1 atom stereocenters. The number of hydrogen-bond donors (Lipinski definition) is 0. The van der Waals surface area contributed by atoms with Crippen molar-refractivity contribution in [1.29, 1.82) is 0 Å². The number of ether oxygens (including phenoxy) is 1. The van der Waals surface area contributed by atoms with Crippen LogP contribution in [0.4, 0.5) is 4.79 Å². The predicted octanol–water partition coefficient (Wildman–Crippen LogP) is 3.74. The molecule has 0 saturated carbocycles. The second-order valence-electron chi connectivity index (χ2n) is 7.87. The van der Waals surface area contributed by atoms with Crippen molar-refractivity contribution >= 4 is 12.0 Å². The average molecular weight is 346 g/mol. The summed E-state index contributed by atoms with van der Waals surface area (Å²) in [5.74, 6) is -0.0221. The number of aryl methyl sites for hydroxylation is 1. The highest BCUT2D eigenvalue weighted by atomic mass is 16.6. The summed E-state index contributed by atoms with van der Waals surface area (Å²) in [6.45, 7) is 8.68. The van der Waals surface area contributed by atoms with Crippen molar-refractivity contribution in [2.24, 2.45) is 0 Å². The van der Waals surface area contributed by atoms with Gasteiger partial charge in [0.05, 0.1) is 0 Å². The van der Waals surface area contributed by atoms with Gasteiger partial charge in [-0.15, -0.1) is 0 Å². The summed E-state index contributed by atoms with van der Waals surface area (Å²) in [7, 11) is 1.80. The average Bonchev–Trinajstić information content (AvgIpc) is 2.54. The number of nitrogens with zero attached hydrogens (tertiary/aromatic N) is 2. The molecular weight excluding hydrogens is 316 g/mol. The van der Waals surface area contributed by atoms with Gasteiger partial charge in [-0.25, -0.2) is 4.79 Å². The van der Waals surface area contributed by atoms with Crippen LogP contribution in [-0.4, -0.2) is 47.0 Å². The van der Waals surface area contributed by atoms with E-state index in [1.807, 2.05) is 52.0 Å². The van der Waals surface area contributed by atoms with Crippen LogP contribution in [0.2, 0.25) is 0 Å². The molecule has 1 saturated heterocycles. The van der Waals surface area contributed by atoms with E-state index in [9.17, 15) is 9.59 Å². The maximum Gasteiger partial charge on any atom is 0.410 e. The van der Waals surface area contributed by atoms with E-state index in [1.165, 1.54) is 5.56 Å². The molecule has 0 unspecified atom stereocenters. The fourth-order valence-electron chi connectivity index (χ4n) is 3.03. The van der Waals surface area contributed by atoms with Gasteiger partial charge in [0, 0.05) is 20.1 Å². The quantitative estimate of drug-likeness (QED) is 0.838. The summed E-state index contributed by atoms with van der Waals surface area (Å²) in [5, 5.41) is 0. The zero-order valence-electron chi connectivity index (χ0n) is 16.0. The van der Waals surface area contributed by atoms with Gasteiger partial charge in [-0.2, -0.15) is 0 Å². The number of hydrogen-bond acceptors (Lipinski definition) is 3. The first-order chi connectivity index (χ1) is 11.7. The van der Waals surface area contributed by atoms with Gasteiger partial charge in [0.25, 0.3) is 0 Å². The number of amides is 2. The molecule has 5 nitrogen and oxygen atoms in total. The van der Waals surface area contributed by atoms with Crippen LogP contribution in [0.1, 0.15) is 51.2 Å². The SMILES string of the molecule is Cc1ccc(CN(C)C(=O)[C@@H]2CCCCN2C(=O)OC(C)(C)C)cc1. The summed E-state index contributed by atoms with van der Waals surface area (Å²) in [6.07, 6.45) is 2.16. The Balaban J connectivity index is 2.05. The Morgan fingerprint density at radius 1 is 1.20 bits per heavy atom. The van der Waals surface area contributed by atoms with Crippen molar-refractivity contribution in [3.8, 4) is 0 Å². The highest BCUT2D eigenvalue weighted by Gasteiger charge is 2.36. The molecule has 2 amide bonds. The van der Waals surface area contributed by atoms with Gasteiger partial charge in [0.2, 0.25) is 5.91 Å². The minimum absolute atomic E-state index is 0.0221. The van der Waals surface area contributed by atoms with E-state index < -0.39 is 17.7 Å². The molecule has 1 fully saturated rings. The van der Waals surface area contributed by atoms with Crippen molar-refractivity contribution in [2.45, 2.75) is 65.1 Å². The molecule has 1 aliphatic heterocycles.